The molecular formula is C26H25N3O2S. The maximum Gasteiger partial charge on any atom is 0.234 e. The molecule has 0 aromatic heterocycles. The molecule has 4 rings (SSSR count). The van der Waals surface area contributed by atoms with Gasteiger partial charge in [0.05, 0.1) is 28.3 Å². The van der Waals surface area contributed by atoms with Crippen LogP contribution < -0.4 is 10.6 Å². The zero-order valence-electron chi connectivity index (χ0n) is 18.2. The molecule has 1 atom stereocenters. The van der Waals surface area contributed by atoms with Crippen LogP contribution in [0.15, 0.2) is 70.4 Å². The van der Waals surface area contributed by atoms with Gasteiger partial charge in [-0.05, 0) is 44.4 Å². The molecule has 0 spiro atoms. The first kappa shape index (κ1) is 21.9. The molecule has 1 aliphatic carbocycles. The van der Waals surface area contributed by atoms with Crippen LogP contribution in [0.3, 0.4) is 0 Å². The van der Waals surface area contributed by atoms with Crippen molar-refractivity contribution in [3.05, 3.63) is 87.1 Å². The highest BCUT2D eigenvalue weighted by molar-refractivity contribution is 8.03. The topological polar surface area (TPSA) is 82.0 Å². The molecule has 6 heteroatoms. The monoisotopic (exact) mass is 443 g/mol. The summed E-state index contributed by atoms with van der Waals surface area (Å²) in [6.45, 7) is 4.01. The molecule has 2 aromatic carbocycles. The number of carbonyl (C=O) groups is 2. The number of anilines is 1. The third kappa shape index (κ3) is 4.63. The molecule has 1 aliphatic heterocycles. The SMILES string of the molecule is Cc1ccc(NC(=O)CSC2=C(C#N)[C@@H](c3ccc(C)cc3)C3=C(CCCC3=O)N2)cc1. The van der Waals surface area contributed by atoms with Crippen LogP contribution in [-0.4, -0.2) is 17.4 Å². The van der Waals surface area contributed by atoms with Crippen molar-refractivity contribution in [2.24, 2.45) is 0 Å². The molecule has 2 aliphatic rings. The minimum atomic E-state index is -0.396. The highest BCUT2D eigenvalue weighted by atomic mass is 32.2. The zero-order chi connectivity index (χ0) is 22.7. The van der Waals surface area contributed by atoms with Gasteiger partial charge >= 0.3 is 0 Å². The summed E-state index contributed by atoms with van der Waals surface area (Å²) in [5.74, 6) is -0.277. The van der Waals surface area contributed by atoms with E-state index in [1.165, 1.54) is 11.8 Å². The lowest BCUT2D eigenvalue weighted by molar-refractivity contribution is -0.116. The lowest BCUT2D eigenvalue weighted by Gasteiger charge is -2.33. The molecule has 1 heterocycles. The van der Waals surface area contributed by atoms with Crippen LogP contribution in [0.5, 0.6) is 0 Å². The second-order valence-electron chi connectivity index (χ2n) is 8.20. The molecule has 2 N–H and O–H groups in total. The maximum absolute atomic E-state index is 12.8. The Morgan fingerprint density at radius 1 is 1.09 bits per heavy atom. The second-order valence-corrected chi connectivity index (χ2v) is 9.18. The van der Waals surface area contributed by atoms with Crippen LogP contribution >= 0.6 is 11.8 Å². The van der Waals surface area contributed by atoms with Gasteiger partial charge < -0.3 is 10.6 Å². The molecule has 32 heavy (non-hydrogen) atoms. The van der Waals surface area contributed by atoms with Crippen molar-refractivity contribution in [2.45, 2.75) is 39.0 Å². The smallest absolute Gasteiger partial charge is 0.234 e. The Morgan fingerprint density at radius 3 is 2.41 bits per heavy atom. The molecule has 1 amide bonds. The number of ketones is 1. The summed E-state index contributed by atoms with van der Waals surface area (Å²) in [4.78, 5) is 25.4. The van der Waals surface area contributed by atoms with Gasteiger partial charge in [-0.15, -0.1) is 0 Å². The van der Waals surface area contributed by atoms with Crippen molar-refractivity contribution >= 4 is 29.1 Å². The summed E-state index contributed by atoms with van der Waals surface area (Å²) in [6, 6.07) is 17.9. The fourth-order valence-electron chi connectivity index (χ4n) is 4.10. The predicted molar refractivity (Wildman–Crippen MR) is 128 cm³/mol. The van der Waals surface area contributed by atoms with Gasteiger partial charge in [-0.2, -0.15) is 5.26 Å². The van der Waals surface area contributed by atoms with E-state index in [0.717, 1.165) is 40.9 Å². The first-order chi connectivity index (χ1) is 15.5. The van der Waals surface area contributed by atoms with E-state index in [4.69, 9.17) is 0 Å². The first-order valence-electron chi connectivity index (χ1n) is 10.7. The quantitative estimate of drug-likeness (QED) is 0.671. The summed E-state index contributed by atoms with van der Waals surface area (Å²) in [5.41, 5.74) is 6.00. The molecule has 5 nitrogen and oxygen atoms in total. The number of nitrogens with zero attached hydrogens (tertiary/aromatic N) is 1. The number of Topliss-reactive ketones (excluding diaryl/α,β-unsaturated/α-hetero) is 1. The van der Waals surface area contributed by atoms with Gasteiger partial charge in [0.25, 0.3) is 0 Å². The Labute approximate surface area is 192 Å². The third-order valence-corrected chi connectivity index (χ3v) is 6.77. The summed E-state index contributed by atoms with van der Waals surface area (Å²) < 4.78 is 0. The van der Waals surface area contributed by atoms with E-state index >= 15 is 0 Å². The Hall–Kier alpha value is -3.30. The number of amides is 1. The Balaban J connectivity index is 1.60. The van der Waals surface area contributed by atoms with Gasteiger partial charge in [-0.1, -0.05) is 59.3 Å². The summed E-state index contributed by atoms with van der Waals surface area (Å²) in [6.07, 6.45) is 2.06. The van der Waals surface area contributed by atoms with Gasteiger partial charge in [0.2, 0.25) is 5.91 Å². The summed E-state index contributed by atoms with van der Waals surface area (Å²) in [5, 5.41) is 16.9. The number of thioether (sulfide) groups is 1. The number of nitrogens with one attached hydrogen (secondary N) is 2. The number of hydrogen-bond donors (Lipinski definition) is 2. The van der Waals surface area contributed by atoms with E-state index in [1.807, 2.05) is 62.4 Å². The Bertz CT molecular complexity index is 1160. The average molecular weight is 444 g/mol. The molecule has 2 aromatic rings. The molecule has 0 saturated carbocycles. The minimum absolute atomic E-state index is 0.0956. The molecule has 0 radical (unpaired) electrons. The number of dihydropyridines is 1. The van der Waals surface area contributed by atoms with Crippen molar-refractivity contribution in [3.8, 4) is 6.07 Å². The fraction of sp³-hybridized carbons (Fsp3) is 0.269. The standard InChI is InChI=1S/C26H25N3O2S/c1-16-6-10-18(11-7-16)24-20(14-27)26(29-21-4-3-5-22(30)25(21)24)32-15-23(31)28-19-12-8-17(2)9-13-19/h6-13,24,29H,3-5,15H2,1-2H3,(H,28,31)/t24-/m1/s1. The predicted octanol–water partition coefficient (Wildman–Crippen LogP) is 5.10. The number of rotatable bonds is 5. The second kappa shape index (κ2) is 9.46. The third-order valence-electron chi connectivity index (χ3n) is 5.76. The number of benzene rings is 2. The number of aryl methyl sites for hydroxylation is 2. The van der Waals surface area contributed by atoms with Gasteiger partial charge in [-0.3, -0.25) is 9.59 Å². The van der Waals surface area contributed by atoms with Crippen LogP contribution in [-0.2, 0) is 9.59 Å². The highest BCUT2D eigenvalue weighted by Crippen LogP contribution is 2.44. The molecule has 162 valence electrons. The fourth-order valence-corrected chi connectivity index (χ4v) is 4.96. The van der Waals surface area contributed by atoms with Crippen LogP contribution in [0.2, 0.25) is 0 Å². The summed E-state index contributed by atoms with van der Waals surface area (Å²) in [7, 11) is 0. The van der Waals surface area contributed by atoms with E-state index in [1.54, 1.807) is 0 Å². The normalized spacial score (nSPS) is 18.0. The molecule has 0 saturated heterocycles. The van der Waals surface area contributed by atoms with Crippen LogP contribution in [0.4, 0.5) is 5.69 Å². The molecule has 0 unspecified atom stereocenters. The number of hydrogen-bond acceptors (Lipinski definition) is 5. The minimum Gasteiger partial charge on any atom is -0.352 e. The number of allylic oxidation sites excluding steroid dienone is 3. The van der Waals surface area contributed by atoms with E-state index in [0.29, 0.717) is 22.6 Å². The lowest BCUT2D eigenvalue weighted by atomic mass is 9.77. The van der Waals surface area contributed by atoms with Crippen molar-refractivity contribution in [2.75, 3.05) is 11.1 Å². The number of carbonyl (C=O) groups excluding carboxylic acids is 2. The van der Waals surface area contributed by atoms with Crippen molar-refractivity contribution in [3.63, 3.8) is 0 Å². The lowest BCUT2D eigenvalue weighted by Crippen LogP contribution is -2.31. The van der Waals surface area contributed by atoms with Gasteiger partial charge in [-0.25, -0.2) is 0 Å². The summed E-state index contributed by atoms with van der Waals surface area (Å²) >= 11 is 1.31. The van der Waals surface area contributed by atoms with Gasteiger partial charge in [0.15, 0.2) is 5.78 Å². The van der Waals surface area contributed by atoms with Crippen LogP contribution in [0.1, 0.15) is 41.9 Å². The highest BCUT2D eigenvalue weighted by Gasteiger charge is 2.37. The Morgan fingerprint density at radius 2 is 1.75 bits per heavy atom. The largest absolute Gasteiger partial charge is 0.352 e. The molecule has 0 bridgehead atoms. The Kier molecular flexibility index (Phi) is 6.48. The van der Waals surface area contributed by atoms with Crippen molar-refractivity contribution in [1.29, 1.82) is 5.26 Å². The van der Waals surface area contributed by atoms with Gasteiger partial charge in [0, 0.05) is 23.4 Å². The zero-order valence-corrected chi connectivity index (χ0v) is 19.0. The van der Waals surface area contributed by atoms with E-state index in [9.17, 15) is 14.9 Å². The van der Waals surface area contributed by atoms with Crippen molar-refractivity contribution in [1.82, 2.24) is 5.32 Å². The van der Waals surface area contributed by atoms with Crippen LogP contribution in [0.25, 0.3) is 0 Å². The molecule has 0 fully saturated rings. The molecular weight excluding hydrogens is 418 g/mol. The van der Waals surface area contributed by atoms with Crippen molar-refractivity contribution < 1.29 is 9.59 Å². The number of nitriles is 1. The van der Waals surface area contributed by atoms with E-state index in [2.05, 4.69) is 16.7 Å². The average Bonchev–Trinajstić information content (AvgIpc) is 2.79. The van der Waals surface area contributed by atoms with Crippen LogP contribution in [0, 0.1) is 25.2 Å². The van der Waals surface area contributed by atoms with Gasteiger partial charge in [0.1, 0.15) is 0 Å². The van der Waals surface area contributed by atoms with E-state index < -0.39 is 5.92 Å². The first-order valence-corrected chi connectivity index (χ1v) is 11.7. The maximum atomic E-state index is 12.8. The van der Waals surface area contributed by atoms with E-state index in [-0.39, 0.29) is 17.4 Å².